The van der Waals surface area contributed by atoms with Gasteiger partial charge >= 0.3 is 0 Å². The minimum atomic E-state index is -0.603. The van der Waals surface area contributed by atoms with Crippen molar-refractivity contribution in [1.29, 1.82) is 0 Å². The van der Waals surface area contributed by atoms with Crippen LogP contribution in [0.1, 0.15) is 17.1 Å². The van der Waals surface area contributed by atoms with Crippen LogP contribution in [0.15, 0.2) is 48.8 Å². The summed E-state index contributed by atoms with van der Waals surface area (Å²) < 4.78 is 17.9. The van der Waals surface area contributed by atoms with Crippen molar-refractivity contribution in [2.24, 2.45) is 0 Å². The minimum absolute atomic E-state index is 0.248. The zero-order valence-corrected chi connectivity index (χ0v) is 16.1. The highest BCUT2D eigenvalue weighted by Gasteiger charge is 2.13. The smallest absolute Gasteiger partial charge is 0.165 e. The van der Waals surface area contributed by atoms with E-state index in [4.69, 9.17) is 9.72 Å². The molecule has 8 heteroatoms. The van der Waals surface area contributed by atoms with E-state index in [0.717, 1.165) is 22.3 Å². The average molecular weight is 390 g/mol. The highest BCUT2D eigenvalue weighted by atomic mass is 19.1. The number of fused-ring (bicyclic) bond motifs is 1. The van der Waals surface area contributed by atoms with Crippen molar-refractivity contribution in [3.63, 3.8) is 0 Å². The summed E-state index contributed by atoms with van der Waals surface area (Å²) >= 11 is 0. The van der Waals surface area contributed by atoms with Crippen molar-refractivity contribution < 1.29 is 9.13 Å². The molecule has 0 aliphatic rings. The van der Waals surface area contributed by atoms with E-state index < -0.39 is 6.67 Å². The number of rotatable bonds is 6. The second kappa shape index (κ2) is 8.24. The summed E-state index contributed by atoms with van der Waals surface area (Å²) in [5.41, 5.74) is 4.17. The summed E-state index contributed by atoms with van der Waals surface area (Å²) in [5, 5.41) is 3.97. The van der Waals surface area contributed by atoms with Gasteiger partial charge in [0.25, 0.3) is 0 Å². The predicted octanol–water partition coefficient (Wildman–Crippen LogP) is 4.15. The van der Waals surface area contributed by atoms with Crippen LogP contribution in [0.3, 0.4) is 0 Å². The molecule has 146 valence electrons. The topological polar surface area (TPSA) is 85.7 Å². The quantitative estimate of drug-likeness (QED) is 0.529. The van der Waals surface area contributed by atoms with Gasteiger partial charge in [-0.2, -0.15) is 0 Å². The van der Waals surface area contributed by atoms with E-state index in [0.29, 0.717) is 28.7 Å². The van der Waals surface area contributed by atoms with Gasteiger partial charge in [-0.05, 0) is 42.8 Å². The number of nitrogens with zero attached hydrogens (tertiary/aromatic N) is 5. The third-order valence-corrected chi connectivity index (χ3v) is 4.36. The van der Waals surface area contributed by atoms with Gasteiger partial charge in [0.1, 0.15) is 19.1 Å². The van der Waals surface area contributed by atoms with E-state index in [1.807, 2.05) is 31.2 Å². The SMILES string of the molecule is COCc1nc(Nc2ccc(CF)nc2)c2ccc(-c3ncccc3C)nc2n1. The monoisotopic (exact) mass is 390 g/mol. The summed E-state index contributed by atoms with van der Waals surface area (Å²) in [6, 6.07) is 11.1. The molecule has 0 bridgehead atoms. The molecule has 4 aromatic heterocycles. The van der Waals surface area contributed by atoms with E-state index in [9.17, 15) is 4.39 Å². The number of pyridine rings is 3. The molecule has 0 unspecified atom stereocenters. The van der Waals surface area contributed by atoms with Gasteiger partial charge in [0.2, 0.25) is 0 Å². The normalized spacial score (nSPS) is 11.0. The molecule has 0 spiro atoms. The second-order valence-electron chi connectivity index (χ2n) is 6.45. The van der Waals surface area contributed by atoms with E-state index >= 15 is 0 Å². The Morgan fingerprint density at radius 2 is 1.93 bits per heavy atom. The number of hydrogen-bond donors (Lipinski definition) is 1. The number of aromatic nitrogens is 5. The van der Waals surface area contributed by atoms with Gasteiger partial charge in [0, 0.05) is 13.3 Å². The number of hydrogen-bond acceptors (Lipinski definition) is 7. The molecule has 4 heterocycles. The Labute approximate surface area is 167 Å². The number of anilines is 2. The zero-order chi connectivity index (χ0) is 20.2. The minimum Gasteiger partial charge on any atom is -0.377 e. The van der Waals surface area contributed by atoms with Crippen LogP contribution >= 0.6 is 0 Å². The first-order valence-electron chi connectivity index (χ1n) is 9.04. The molecule has 29 heavy (non-hydrogen) atoms. The van der Waals surface area contributed by atoms with Crippen molar-refractivity contribution in [3.05, 3.63) is 65.9 Å². The summed E-state index contributed by atoms with van der Waals surface area (Å²) in [6.45, 7) is 1.64. The van der Waals surface area contributed by atoms with E-state index in [1.54, 1.807) is 31.6 Å². The predicted molar refractivity (Wildman–Crippen MR) is 108 cm³/mol. The summed E-state index contributed by atoms with van der Waals surface area (Å²) in [4.78, 5) is 22.3. The molecule has 0 fully saturated rings. The lowest BCUT2D eigenvalue weighted by molar-refractivity contribution is 0.178. The Bertz CT molecular complexity index is 1150. The number of alkyl halides is 1. The van der Waals surface area contributed by atoms with Gasteiger partial charge in [-0.15, -0.1) is 0 Å². The van der Waals surface area contributed by atoms with Crippen molar-refractivity contribution >= 4 is 22.5 Å². The molecule has 0 aromatic carbocycles. The second-order valence-corrected chi connectivity index (χ2v) is 6.45. The Morgan fingerprint density at radius 3 is 2.66 bits per heavy atom. The van der Waals surface area contributed by atoms with Gasteiger partial charge in [0.15, 0.2) is 11.5 Å². The molecule has 7 nitrogen and oxygen atoms in total. The molecule has 4 rings (SSSR count). The third-order valence-electron chi connectivity index (χ3n) is 4.36. The lowest BCUT2D eigenvalue weighted by Gasteiger charge is -2.11. The van der Waals surface area contributed by atoms with E-state index in [2.05, 4.69) is 25.3 Å². The van der Waals surface area contributed by atoms with Crippen LogP contribution in [0.25, 0.3) is 22.4 Å². The molecule has 0 saturated carbocycles. The van der Waals surface area contributed by atoms with Crippen LogP contribution in [-0.2, 0) is 18.0 Å². The van der Waals surface area contributed by atoms with Crippen molar-refractivity contribution in [3.8, 4) is 11.4 Å². The molecule has 0 atom stereocenters. The summed E-state index contributed by atoms with van der Waals surface area (Å²) in [7, 11) is 1.58. The fourth-order valence-corrected chi connectivity index (χ4v) is 2.94. The molecule has 4 aromatic rings. The maximum atomic E-state index is 12.7. The Hall–Kier alpha value is -3.52. The van der Waals surface area contributed by atoms with E-state index in [-0.39, 0.29) is 6.61 Å². The zero-order valence-electron chi connectivity index (χ0n) is 16.1. The molecular formula is C21H19FN6O. The molecular weight excluding hydrogens is 371 g/mol. The highest BCUT2D eigenvalue weighted by molar-refractivity contribution is 5.89. The van der Waals surface area contributed by atoms with Gasteiger partial charge in [-0.3, -0.25) is 9.97 Å². The molecule has 0 aliphatic carbocycles. The molecule has 1 N–H and O–H groups in total. The van der Waals surface area contributed by atoms with Crippen LogP contribution in [0.4, 0.5) is 15.9 Å². The largest absolute Gasteiger partial charge is 0.377 e. The maximum absolute atomic E-state index is 12.7. The lowest BCUT2D eigenvalue weighted by Crippen LogP contribution is -2.05. The lowest BCUT2D eigenvalue weighted by atomic mass is 10.1. The number of methoxy groups -OCH3 is 1. The van der Waals surface area contributed by atoms with Crippen LogP contribution < -0.4 is 5.32 Å². The average Bonchev–Trinajstić information content (AvgIpc) is 2.74. The molecule has 0 radical (unpaired) electrons. The Kier molecular flexibility index (Phi) is 5.35. The van der Waals surface area contributed by atoms with Gasteiger partial charge in [-0.1, -0.05) is 6.07 Å². The Morgan fingerprint density at radius 1 is 1.03 bits per heavy atom. The number of halogens is 1. The van der Waals surface area contributed by atoms with Crippen LogP contribution in [0.5, 0.6) is 0 Å². The first-order chi connectivity index (χ1) is 14.2. The Balaban J connectivity index is 1.79. The van der Waals surface area contributed by atoms with Crippen LogP contribution in [0, 0.1) is 6.92 Å². The van der Waals surface area contributed by atoms with Crippen molar-refractivity contribution in [1.82, 2.24) is 24.9 Å². The number of aryl methyl sites for hydroxylation is 1. The first kappa shape index (κ1) is 18.8. The summed E-state index contributed by atoms with van der Waals surface area (Å²) in [5.74, 6) is 1.08. The van der Waals surface area contributed by atoms with Crippen LogP contribution in [0.2, 0.25) is 0 Å². The van der Waals surface area contributed by atoms with Crippen LogP contribution in [-0.4, -0.2) is 32.0 Å². The number of nitrogens with one attached hydrogen (secondary N) is 1. The molecule has 0 aliphatic heterocycles. The maximum Gasteiger partial charge on any atom is 0.165 e. The fraction of sp³-hybridized carbons (Fsp3) is 0.190. The van der Waals surface area contributed by atoms with E-state index in [1.165, 1.54) is 0 Å². The van der Waals surface area contributed by atoms with Gasteiger partial charge in [0.05, 0.1) is 34.4 Å². The standard InChI is InChI=1S/C21H19FN6O/c1-13-4-3-9-23-19(13)17-8-7-16-20(25-15-6-5-14(10-22)24-11-15)27-18(12-29-2)28-21(16)26-17/h3-9,11H,10,12H2,1-2H3,(H,25,26,27,28). The first-order valence-corrected chi connectivity index (χ1v) is 9.04. The van der Waals surface area contributed by atoms with Crippen molar-refractivity contribution in [2.75, 3.05) is 12.4 Å². The summed E-state index contributed by atoms with van der Waals surface area (Å²) in [6.07, 6.45) is 3.31. The molecule has 0 amide bonds. The number of ether oxygens (including phenoxy) is 1. The van der Waals surface area contributed by atoms with Crippen molar-refractivity contribution in [2.45, 2.75) is 20.2 Å². The fourth-order valence-electron chi connectivity index (χ4n) is 2.94. The third kappa shape index (κ3) is 4.02. The molecule has 0 saturated heterocycles. The highest BCUT2D eigenvalue weighted by Crippen LogP contribution is 2.26. The van der Waals surface area contributed by atoms with Gasteiger partial charge in [-0.25, -0.2) is 19.3 Å². The van der Waals surface area contributed by atoms with Gasteiger partial charge < -0.3 is 10.1 Å².